The Morgan fingerprint density at radius 2 is 0.944 bits per heavy atom. The second-order valence-electron chi connectivity index (χ2n) is 7.55. The van der Waals surface area contributed by atoms with Gasteiger partial charge in [-0.05, 0) is 55.3 Å². The molecule has 0 amide bonds. The van der Waals surface area contributed by atoms with Crippen LogP contribution < -0.4 is 0 Å². The maximum absolute atomic E-state index is 2.46. The van der Waals surface area contributed by atoms with Crippen molar-refractivity contribution >= 4 is 0 Å². The molecule has 0 aliphatic heterocycles. The SMILES string of the molecule is CCC[C@@H](C)C[C@@H](C)C[C@@H](C)C[C@@H](C)CC(C)C. The summed E-state index contributed by atoms with van der Waals surface area (Å²) in [5.74, 6) is 4.50. The van der Waals surface area contributed by atoms with Crippen molar-refractivity contribution in [1.82, 2.24) is 0 Å². The molecule has 0 aliphatic carbocycles. The Balaban J connectivity index is 3.82. The van der Waals surface area contributed by atoms with Crippen LogP contribution in [0.1, 0.15) is 87.0 Å². The summed E-state index contributed by atoms with van der Waals surface area (Å²) in [6.45, 7) is 16.8. The first-order valence-electron chi connectivity index (χ1n) is 8.35. The highest BCUT2D eigenvalue weighted by Crippen LogP contribution is 2.27. The Bertz CT molecular complexity index is 182. The van der Waals surface area contributed by atoms with Crippen LogP contribution in [0.3, 0.4) is 0 Å². The summed E-state index contributed by atoms with van der Waals surface area (Å²) < 4.78 is 0. The van der Waals surface area contributed by atoms with E-state index in [1.165, 1.54) is 38.5 Å². The molecule has 0 fully saturated rings. The molecule has 0 aromatic heterocycles. The Hall–Kier alpha value is 0. The first kappa shape index (κ1) is 18.0. The van der Waals surface area contributed by atoms with Crippen molar-refractivity contribution in [2.75, 3.05) is 0 Å². The van der Waals surface area contributed by atoms with Crippen LogP contribution in [0.5, 0.6) is 0 Å². The Kier molecular flexibility index (Phi) is 9.87. The summed E-state index contributed by atoms with van der Waals surface area (Å²) in [7, 11) is 0. The lowest BCUT2D eigenvalue weighted by atomic mass is 9.83. The van der Waals surface area contributed by atoms with Crippen LogP contribution in [0.25, 0.3) is 0 Å². The zero-order chi connectivity index (χ0) is 14.1. The molecule has 0 rings (SSSR count). The lowest BCUT2D eigenvalue weighted by Gasteiger charge is -2.23. The van der Waals surface area contributed by atoms with Gasteiger partial charge in [-0.25, -0.2) is 0 Å². The Morgan fingerprint density at radius 3 is 1.33 bits per heavy atom. The van der Waals surface area contributed by atoms with E-state index in [0.717, 1.165) is 29.6 Å². The Morgan fingerprint density at radius 1 is 0.556 bits per heavy atom. The molecular formula is C18H38. The first-order valence-corrected chi connectivity index (χ1v) is 8.35. The molecule has 4 atom stereocenters. The summed E-state index contributed by atoms with van der Waals surface area (Å²) in [5.41, 5.74) is 0. The average molecular weight is 255 g/mol. The molecule has 0 nitrogen and oxygen atoms in total. The molecule has 0 spiro atoms. The molecule has 0 saturated carbocycles. The van der Waals surface area contributed by atoms with Crippen molar-refractivity contribution in [1.29, 1.82) is 0 Å². The topological polar surface area (TPSA) is 0 Å². The van der Waals surface area contributed by atoms with Gasteiger partial charge in [0.2, 0.25) is 0 Å². The van der Waals surface area contributed by atoms with Gasteiger partial charge in [0.1, 0.15) is 0 Å². The van der Waals surface area contributed by atoms with E-state index < -0.39 is 0 Å². The molecule has 18 heavy (non-hydrogen) atoms. The monoisotopic (exact) mass is 254 g/mol. The summed E-state index contributed by atoms with van der Waals surface area (Å²) >= 11 is 0. The highest BCUT2D eigenvalue weighted by molar-refractivity contribution is 4.66. The quantitative estimate of drug-likeness (QED) is 0.415. The fourth-order valence-corrected chi connectivity index (χ4v) is 3.76. The summed E-state index contributed by atoms with van der Waals surface area (Å²) in [6.07, 6.45) is 8.42. The third kappa shape index (κ3) is 9.97. The van der Waals surface area contributed by atoms with Gasteiger partial charge in [0.05, 0.1) is 0 Å². The van der Waals surface area contributed by atoms with Gasteiger partial charge in [0.15, 0.2) is 0 Å². The number of hydrogen-bond donors (Lipinski definition) is 0. The third-order valence-corrected chi connectivity index (χ3v) is 4.07. The Labute approximate surface area is 117 Å². The predicted molar refractivity (Wildman–Crippen MR) is 84.9 cm³/mol. The smallest absolute Gasteiger partial charge is 0.0438 e. The molecule has 0 N–H and O–H groups in total. The fourth-order valence-electron chi connectivity index (χ4n) is 3.76. The van der Waals surface area contributed by atoms with Gasteiger partial charge in [-0.1, -0.05) is 61.3 Å². The standard InChI is InChI=1S/C18H38/c1-8-9-15(4)11-17(6)13-18(7)12-16(5)10-14(2)3/h14-18H,8-13H2,1-7H3/t15-,16+,17-,18+/m1/s1. The van der Waals surface area contributed by atoms with E-state index in [1.54, 1.807) is 0 Å². The molecule has 0 aliphatic rings. The van der Waals surface area contributed by atoms with Crippen molar-refractivity contribution in [3.63, 3.8) is 0 Å². The average Bonchev–Trinajstić information content (AvgIpc) is 2.14. The summed E-state index contributed by atoms with van der Waals surface area (Å²) in [5, 5.41) is 0. The maximum Gasteiger partial charge on any atom is -0.0438 e. The van der Waals surface area contributed by atoms with Gasteiger partial charge in [0, 0.05) is 0 Å². The van der Waals surface area contributed by atoms with Gasteiger partial charge in [0.25, 0.3) is 0 Å². The van der Waals surface area contributed by atoms with Crippen LogP contribution in [0.15, 0.2) is 0 Å². The summed E-state index contributed by atoms with van der Waals surface area (Å²) in [6, 6.07) is 0. The molecule has 0 aromatic rings. The summed E-state index contributed by atoms with van der Waals surface area (Å²) in [4.78, 5) is 0. The van der Waals surface area contributed by atoms with Crippen molar-refractivity contribution in [2.24, 2.45) is 29.6 Å². The van der Waals surface area contributed by atoms with Gasteiger partial charge in [-0.2, -0.15) is 0 Å². The highest BCUT2D eigenvalue weighted by atomic mass is 14.2. The molecule has 0 bridgehead atoms. The number of rotatable bonds is 10. The van der Waals surface area contributed by atoms with E-state index in [2.05, 4.69) is 48.5 Å². The van der Waals surface area contributed by atoms with Crippen molar-refractivity contribution in [3.05, 3.63) is 0 Å². The second-order valence-corrected chi connectivity index (χ2v) is 7.55. The number of hydrogen-bond acceptors (Lipinski definition) is 0. The molecule has 0 radical (unpaired) electrons. The molecular weight excluding hydrogens is 216 g/mol. The zero-order valence-corrected chi connectivity index (χ0v) is 14.1. The van der Waals surface area contributed by atoms with E-state index in [1.807, 2.05) is 0 Å². The predicted octanol–water partition coefficient (Wildman–Crippen LogP) is 6.55. The van der Waals surface area contributed by atoms with E-state index in [0.29, 0.717) is 0 Å². The van der Waals surface area contributed by atoms with Gasteiger partial charge < -0.3 is 0 Å². The van der Waals surface area contributed by atoms with Crippen LogP contribution in [0.4, 0.5) is 0 Å². The van der Waals surface area contributed by atoms with Crippen LogP contribution in [0, 0.1) is 29.6 Å². The minimum Gasteiger partial charge on any atom is -0.0654 e. The molecule has 0 saturated heterocycles. The van der Waals surface area contributed by atoms with Crippen LogP contribution in [0.2, 0.25) is 0 Å². The molecule has 0 heteroatoms. The second kappa shape index (κ2) is 9.87. The van der Waals surface area contributed by atoms with Crippen LogP contribution >= 0.6 is 0 Å². The fraction of sp³-hybridized carbons (Fsp3) is 1.00. The molecule has 0 heterocycles. The van der Waals surface area contributed by atoms with Crippen molar-refractivity contribution < 1.29 is 0 Å². The molecule has 110 valence electrons. The zero-order valence-electron chi connectivity index (χ0n) is 14.1. The van der Waals surface area contributed by atoms with E-state index >= 15 is 0 Å². The van der Waals surface area contributed by atoms with Gasteiger partial charge >= 0.3 is 0 Å². The van der Waals surface area contributed by atoms with Gasteiger partial charge in [-0.15, -0.1) is 0 Å². The van der Waals surface area contributed by atoms with Crippen LogP contribution in [-0.4, -0.2) is 0 Å². The lowest BCUT2D eigenvalue weighted by Crippen LogP contribution is -2.11. The van der Waals surface area contributed by atoms with Gasteiger partial charge in [-0.3, -0.25) is 0 Å². The minimum atomic E-state index is 0.856. The van der Waals surface area contributed by atoms with Crippen LogP contribution in [-0.2, 0) is 0 Å². The van der Waals surface area contributed by atoms with Crippen molar-refractivity contribution in [3.8, 4) is 0 Å². The molecule has 0 aromatic carbocycles. The van der Waals surface area contributed by atoms with E-state index in [-0.39, 0.29) is 0 Å². The first-order chi connectivity index (χ1) is 8.35. The largest absolute Gasteiger partial charge is 0.0654 e. The van der Waals surface area contributed by atoms with E-state index in [9.17, 15) is 0 Å². The third-order valence-electron chi connectivity index (χ3n) is 4.07. The maximum atomic E-state index is 2.46. The minimum absolute atomic E-state index is 0.856. The van der Waals surface area contributed by atoms with Crippen molar-refractivity contribution in [2.45, 2.75) is 87.0 Å². The highest BCUT2D eigenvalue weighted by Gasteiger charge is 2.15. The van der Waals surface area contributed by atoms with E-state index in [4.69, 9.17) is 0 Å². The normalized spacial score (nSPS) is 18.7. The lowest BCUT2D eigenvalue weighted by molar-refractivity contribution is 0.286. The molecule has 0 unspecified atom stereocenters.